The molecule has 2 rings (SSSR count). The number of hydrogen-bond donors (Lipinski definition) is 1. The molecule has 1 aromatic carbocycles. The highest BCUT2D eigenvalue weighted by molar-refractivity contribution is 5.29. The molecule has 0 aromatic heterocycles. The smallest absolute Gasteiger partial charge is 0.0713 e. The van der Waals surface area contributed by atoms with Gasteiger partial charge in [-0.3, -0.25) is 0 Å². The van der Waals surface area contributed by atoms with Gasteiger partial charge in [-0.05, 0) is 35.9 Å². The minimum atomic E-state index is 0.598. The maximum absolute atomic E-state index is 5.12. The summed E-state index contributed by atoms with van der Waals surface area (Å²) in [5, 5.41) is 3.52. The van der Waals surface area contributed by atoms with Gasteiger partial charge in [0, 0.05) is 13.2 Å². The lowest BCUT2D eigenvalue weighted by Gasteiger charge is -2.07. The van der Waals surface area contributed by atoms with Gasteiger partial charge in [0.25, 0.3) is 0 Å². The summed E-state index contributed by atoms with van der Waals surface area (Å²) in [7, 11) is 1.74. The predicted molar refractivity (Wildman–Crippen MR) is 71.1 cm³/mol. The number of hydrogen-bond acceptors (Lipinski definition) is 2. The second-order valence-corrected chi connectivity index (χ2v) is 5.34. The Labute approximate surface area is 104 Å². The SMILES string of the molecule is COCc1ccc(C2CC2CNC(C)C)cc1. The molecule has 2 heteroatoms. The number of methoxy groups -OCH3 is 1. The maximum Gasteiger partial charge on any atom is 0.0713 e. The van der Waals surface area contributed by atoms with Crippen molar-refractivity contribution in [2.45, 2.75) is 38.8 Å². The Balaban J connectivity index is 1.84. The van der Waals surface area contributed by atoms with E-state index in [1.807, 2.05) is 0 Å². The van der Waals surface area contributed by atoms with Crippen LogP contribution in [0.4, 0.5) is 0 Å². The summed E-state index contributed by atoms with van der Waals surface area (Å²) >= 11 is 0. The molecule has 2 nitrogen and oxygen atoms in total. The first-order chi connectivity index (χ1) is 8.20. The molecule has 1 N–H and O–H groups in total. The monoisotopic (exact) mass is 233 g/mol. The average molecular weight is 233 g/mol. The molecule has 0 saturated heterocycles. The lowest BCUT2D eigenvalue weighted by Crippen LogP contribution is -2.25. The molecule has 2 atom stereocenters. The number of benzene rings is 1. The third kappa shape index (κ3) is 3.55. The van der Waals surface area contributed by atoms with Gasteiger partial charge >= 0.3 is 0 Å². The molecule has 0 aliphatic heterocycles. The zero-order chi connectivity index (χ0) is 12.3. The quantitative estimate of drug-likeness (QED) is 0.815. The van der Waals surface area contributed by atoms with E-state index in [0.29, 0.717) is 12.6 Å². The van der Waals surface area contributed by atoms with Crippen molar-refractivity contribution < 1.29 is 4.74 Å². The average Bonchev–Trinajstić information content (AvgIpc) is 3.07. The summed E-state index contributed by atoms with van der Waals surface area (Å²) < 4.78 is 5.12. The van der Waals surface area contributed by atoms with Crippen molar-refractivity contribution in [3.63, 3.8) is 0 Å². The lowest BCUT2D eigenvalue weighted by atomic mass is 10.1. The van der Waals surface area contributed by atoms with Crippen molar-refractivity contribution in [3.05, 3.63) is 35.4 Å². The molecule has 0 amide bonds. The Hall–Kier alpha value is -0.860. The summed E-state index contributed by atoms with van der Waals surface area (Å²) in [4.78, 5) is 0. The number of rotatable bonds is 6. The molecule has 0 bridgehead atoms. The first-order valence-corrected chi connectivity index (χ1v) is 6.52. The molecule has 0 spiro atoms. The predicted octanol–water partition coefficient (Wildman–Crippen LogP) is 2.93. The van der Waals surface area contributed by atoms with Gasteiger partial charge in [-0.15, -0.1) is 0 Å². The van der Waals surface area contributed by atoms with Crippen LogP contribution in [0.2, 0.25) is 0 Å². The van der Waals surface area contributed by atoms with E-state index in [1.165, 1.54) is 17.5 Å². The first-order valence-electron chi connectivity index (χ1n) is 6.52. The summed E-state index contributed by atoms with van der Waals surface area (Å²) in [6.45, 7) is 6.28. The van der Waals surface area contributed by atoms with Crippen LogP contribution >= 0.6 is 0 Å². The third-order valence-electron chi connectivity index (χ3n) is 3.43. The fourth-order valence-corrected chi connectivity index (χ4v) is 2.30. The first kappa shape index (κ1) is 12.6. The van der Waals surface area contributed by atoms with Crippen LogP contribution in [-0.4, -0.2) is 19.7 Å². The Morgan fingerprint density at radius 3 is 2.59 bits per heavy atom. The third-order valence-corrected chi connectivity index (χ3v) is 3.43. The number of ether oxygens (including phenoxy) is 1. The second-order valence-electron chi connectivity index (χ2n) is 5.34. The van der Waals surface area contributed by atoms with Crippen LogP contribution in [0.5, 0.6) is 0 Å². The van der Waals surface area contributed by atoms with E-state index >= 15 is 0 Å². The van der Waals surface area contributed by atoms with E-state index in [1.54, 1.807) is 7.11 Å². The molecular weight excluding hydrogens is 210 g/mol. The van der Waals surface area contributed by atoms with Gasteiger partial charge in [0.05, 0.1) is 6.61 Å². The summed E-state index contributed by atoms with van der Waals surface area (Å²) in [6.07, 6.45) is 1.34. The van der Waals surface area contributed by atoms with Crippen LogP contribution < -0.4 is 5.32 Å². The molecule has 1 aliphatic carbocycles. The van der Waals surface area contributed by atoms with E-state index in [2.05, 4.69) is 43.4 Å². The van der Waals surface area contributed by atoms with Crippen LogP contribution in [-0.2, 0) is 11.3 Å². The van der Waals surface area contributed by atoms with E-state index in [-0.39, 0.29) is 0 Å². The van der Waals surface area contributed by atoms with E-state index < -0.39 is 0 Å². The van der Waals surface area contributed by atoms with Crippen LogP contribution in [0.15, 0.2) is 24.3 Å². The van der Waals surface area contributed by atoms with Crippen LogP contribution in [0.3, 0.4) is 0 Å². The summed E-state index contributed by atoms with van der Waals surface area (Å²) in [6, 6.07) is 9.48. The minimum Gasteiger partial charge on any atom is -0.380 e. The minimum absolute atomic E-state index is 0.598. The van der Waals surface area contributed by atoms with E-state index in [9.17, 15) is 0 Å². The molecule has 1 aromatic rings. The Morgan fingerprint density at radius 2 is 2.00 bits per heavy atom. The van der Waals surface area contributed by atoms with Crippen molar-refractivity contribution in [3.8, 4) is 0 Å². The largest absolute Gasteiger partial charge is 0.380 e. The normalized spacial score (nSPS) is 23.1. The zero-order valence-electron chi connectivity index (χ0n) is 11.1. The maximum atomic E-state index is 5.12. The highest BCUT2D eigenvalue weighted by Crippen LogP contribution is 2.46. The van der Waals surface area contributed by atoms with Crippen molar-refractivity contribution in [2.24, 2.45) is 5.92 Å². The van der Waals surface area contributed by atoms with Gasteiger partial charge in [0.15, 0.2) is 0 Å². The Kier molecular flexibility index (Phi) is 4.19. The van der Waals surface area contributed by atoms with Crippen LogP contribution in [0.25, 0.3) is 0 Å². The van der Waals surface area contributed by atoms with Gasteiger partial charge in [-0.2, -0.15) is 0 Å². The Morgan fingerprint density at radius 1 is 1.29 bits per heavy atom. The Bertz CT molecular complexity index is 344. The second kappa shape index (κ2) is 5.65. The van der Waals surface area contributed by atoms with Crippen molar-refractivity contribution in [1.82, 2.24) is 5.32 Å². The molecule has 1 aliphatic rings. The van der Waals surface area contributed by atoms with Gasteiger partial charge < -0.3 is 10.1 Å². The summed E-state index contributed by atoms with van der Waals surface area (Å²) in [5.74, 6) is 1.61. The molecule has 94 valence electrons. The van der Waals surface area contributed by atoms with Gasteiger partial charge in [-0.1, -0.05) is 38.1 Å². The van der Waals surface area contributed by atoms with Crippen molar-refractivity contribution in [1.29, 1.82) is 0 Å². The molecule has 0 heterocycles. The van der Waals surface area contributed by atoms with E-state index in [4.69, 9.17) is 4.74 Å². The van der Waals surface area contributed by atoms with Crippen molar-refractivity contribution in [2.75, 3.05) is 13.7 Å². The zero-order valence-corrected chi connectivity index (χ0v) is 11.1. The molecular formula is C15H23NO. The standard InChI is InChI=1S/C15H23NO/c1-11(2)16-9-14-8-15(14)13-6-4-12(5-7-13)10-17-3/h4-7,11,14-16H,8-10H2,1-3H3. The van der Waals surface area contributed by atoms with Crippen molar-refractivity contribution >= 4 is 0 Å². The molecule has 1 saturated carbocycles. The van der Waals surface area contributed by atoms with E-state index in [0.717, 1.165) is 18.4 Å². The molecule has 17 heavy (non-hydrogen) atoms. The van der Waals surface area contributed by atoms with Crippen LogP contribution in [0, 0.1) is 5.92 Å². The highest BCUT2D eigenvalue weighted by Gasteiger charge is 2.37. The molecule has 1 fully saturated rings. The highest BCUT2D eigenvalue weighted by atomic mass is 16.5. The lowest BCUT2D eigenvalue weighted by molar-refractivity contribution is 0.185. The molecule has 2 unspecified atom stereocenters. The fraction of sp³-hybridized carbons (Fsp3) is 0.600. The fourth-order valence-electron chi connectivity index (χ4n) is 2.30. The van der Waals surface area contributed by atoms with Gasteiger partial charge in [0.1, 0.15) is 0 Å². The number of nitrogens with one attached hydrogen (secondary N) is 1. The molecule has 0 radical (unpaired) electrons. The van der Waals surface area contributed by atoms with Gasteiger partial charge in [0.2, 0.25) is 0 Å². The topological polar surface area (TPSA) is 21.3 Å². The summed E-state index contributed by atoms with van der Waals surface area (Å²) in [5.41, 5.74) is 2.74. The van der Waals surface area contributed by atoms with Crippen LogP contribution in [0.1, 0.15) is 37.3 Å². The van der Waals surface area contributed by atoms with Gasteiger partial charge in [-0.25, -0.2) is 0 Å².